The summed E-state index contributed by atoms with van der Waals surface area (Å²) in [5, 5.41) is 3.33. The number of methoxy groups -OCH3 is 1. The smallest absolute Gasteiger partial charge is 0.264 e. The summed E-state index contributed by atoms with van der Waals surface area (Å²) in [6, 6.07) is 9.53. The molecule has 25 heavy (non-hydrogen) atoms. The summed E-state index contributed by atoms with van der Waals surface area (Å²) in [5.74, 6) is 1.25. The summed E-state index contributed by atoms with van der Waals surface area (Å²) in [4.78, 5) is 16.6. The number of hydrogen-bond acceptors (Lipinski definition) is 5. The van der Waals surface area contributed by atoms with E-state index < -0.39 is 0 Å². The fourth-order valence-electron chi connectivity index (χ4n) is 2.50. The lowest BCUT2D eigenvalue weighted by atomic mass is 10.1. The Labute approximate surface area is 158 Å². The summed E-state index contributed by atoms with van der Waals surface area (Å²) < 4.78 is 12.8. The van der Waals surface area contributed by atoms with Gasteiger partial charge in [-0.1, -0.05) is 27.3 Å². The molecule has 1 N–H and O–H groups in total. The average molecular weight is 421 g/mol. The number of carbonyl (C=O) groups is 1. The first-order valence-electron chi connectivity index (χ1n) is 7.60. The molecule has 130 valence electrons. The number of rotatable bonds is 5. The largest absolute Gasteiger partial charge is 0.497 e. The van der Waals surface area contributed by atoms with E-state index in [1.54, 1.807) is 7.11 Å². The van der Waals surface area contributed by atoms with Crippen LogP contribution in [0.3, 0.4) is 0 Å². The number of benzene rings is 2. The summed E-state index contributed by atoms with van der Waals surface area (Å²) in [7, 11) is 1.62. The number of carbonyl (C=O) groups excluding carboxylic acids is 1. The Balaban J connectivity index is 1.67. The number of aromatic nitrogens is 1. The molecule has 3 aromatic rings. The van der Waals surface area contributed by atoms with Gasteiger partial charge in [-0.15, -0.1) is 0 Å². The van der Waals surface area contributed by atoms with Crippen molar-refractivity contribution in [2.24, 2.45) is 0 Å². The van der Waals surface area contributed by atoms with E-state index in [1.807, 2.05) is 44.2 Å². The van der Waals surface area contributed by atoms with E-state index in [2.05, 4.69) is 26.2 Å². The van der Waals surface area contributed by atoms with Crippen LogP contribution in [0, 0.1) is 13.8 Å². The van der Waals surface area contributed by atoms with Crippen LogP contribution in [-0.4, -0.2) is 24.6 Å². The standard InChI is InChI=1S/C18H17BrN2O3S/c1-10-6-12(19)7-11(2)17(10)24-9-16(22)21-18-20-14-5-4-13(23-3)8-15(14)25-18/h4-8H,9H2,1-3H3,(H,20,21,22). The number of fused-ring (bicyclic) bond motifs is 1. The van der Waals surface area contributed by atoms with Gasteiger partial charge in [-0.25, -0.2) is 4.98 Å². The van der Waals surface area contributed by atoms with Gasteiger partial charge in [0.25, 0.3) is 5.91 Å². The predicted molar refractivity (Wildman–Crippen MR) is 104 cm³/mol. The van der Waals surface area contributed by atoms with E-state index >= 15 is 0 Å². The average Bonchev–Trinajstić information content (AvgIpc) is 2.94. The van der Waals surface area contributed by atoms with Crippen molar-refractivity contribution in [3.8, 4) is 11.5 Å². The summed E-state index contributed by atoms with van der Waals surface area (Å²) >= 11 is 4.85. The molecule has 3 rings (SSSR count). The van der Waals surface area contributed by atoms with Gasteiger partial charge in [-0.2, -0.15) is 0 Å². The lowest BCUT2D eigenvalue weighted by molar-refractivity contribution is -0.118. The number of hydrogen-bond donors (Lipinski definition) is 1. The van der Waals surface area contributed by atoms with Gasteiger partial charge in [0, 0.05) is 4.47 Å². The maximum Gasteiger partial charge on any atom is 0.264 e. The minimum Gasteiger partial charge on any atom is -0.497 e. The van der Waals surface area contributed by atoms with Gasteiger partial charge in [0.1, 0.15) is 11.5 Å². The predicted octanol–water partition coefficient (Wildman–Crippen LogP) is 4.70. The molecule has 1 aromatic heterocycles. The molecule has 0 saturated carbocycles. The monoisotopic (exact) mass is 420 g/mol. The minimum atomic E-state index is -0.243. The van der Waals surface area contributed by atoms with Gasteiger partial charge in [-0.05, 0) is 55.3 Å². The van der Waals surface area contributed by atoms with E-state index in [4.69, 9.17) is 9.47 Å². The molecule has 1 heterocycles. The highest BCUT2D eigenvalue weighted by molar-refractivity contribution is 9.10. The number of aryl methyl sites for hydroxylation is 2. The molecule has 0 spiro atoms. The molecule has 7 heteroatoms. The van der Waals surface area contributed by atoms with Crippen molar-refractivity contribution in [1.82, 2.24) is 4.98 Å². The molecule has 0 radical (unpaired) electrons. The molecule has 0 fully saturated rings. The van der Waals surface area contributed by atoms with Crippen LogP contribution < -0.4 is 14.8 Å². The fraction of sp³-hybridized carbons (Fsp3) is 0.222. The number of nitrogens with zero attached hydrogens (tertiary/aromatic N) is 1. The van der Waals surface area contributed by atoms with E-state index in [0.29, 0.717) is 5.13 Å². The third-order valence-corrected chi connectivity index (χ3v) is 5.01. The molecule has 1 amide bonds. The molecule has 0 atom stereocenters. The third-order valence-electron chi connectivity index (χ3n) is 3.61. The highest BCUT2D eigenvalue weighted by Gasteiger charge is 2.11. The summed E-state index contributed by atoms with van der Waals surface area (Å²) in [6.07, 6.45) is 0. The zero-order chi connectivity index (χ0) is 18.0. The first-order chi connectivity index (χ1) is 12.0. The number of nitrogens with one attached hydrogen (secondary N) is 1. The van der Waals surface area contributed by atoms with Crippen molar-refractivity contribution in [1.29, 1.82) is 0 Å². The first-order valence-corrected chi connectivity index (χ1v) is 9.21. The maximum atomic E-state index is 12.2. The Morgan fingerprint density at radius 2 is 1.96 bits per heavy atom. The molecule has 0 bridgehead atoms. The Kier molecular flexibility index (Phi) is 5.24. The van der Waals surface area contributed by atoms with Gasteiger partial charge >= 0.3 is 0 Å². The van der Waals surface area contributed by atoms with Crippen molar-refractivity contribution in [2.45, 2.75) is 13.8 Å². The minimum absolute atomic E-state index is 0.0669. The molecule has 2 aromatic carbocycles. The van der Waals surface area contributed by atoms with E-state index in [1.165, 1.54) is 11.3 Å². The Hall–Kier alpha value is -2.12. The van der Waals surface area contributed by atoms with Crippen molar-refractivity contribution in [3.05, 3.63) is 45.9 Å². The van der Waals surface area contributed by atoms with E-state index in [-0.39, 0.29) is 12.5 Å². The van der Waals surface area contributed by atoms with Gasteiger partial charge in [-0.3, -0.25) is 10.1 Å². The van der Waals surface area contributed by atoms with Crippen LogP contribution in [0.4, 0.5) is 5.13 Å². The van der Waals surface area contributed by atoms with Gasteiger partial charge in [0.05, 0.1) is 17.3 Å². The lowest BCUT2D eigenvalue weighted by Gasteiger charge is -2.12. The van der Waals surface area contributed by atoms with Crippen molar-refractivity contribution in [3.63, 3.8) is 0 Å². The number of anilines is 1. The SMILES string of the molecule is COc1ccc2nc(NC(=O)COc3c(C)cc(Br)cc3C)sc2c1. The second-order valence-corrected chi connectivity index (χ2v) is 7.50. The summed E-state index contributed by atoms with van der Waals surface area (Å²) in [6.45, 7) is 3.83. The lowest BCUT2D eigenvalue weighted by Crippen LogP contribution is -2.20. The quantitative estimate of drug-likeness (QED) is 0.649. The van der Waals surface area contributed by atoms with Crippen molar-refractivity contribution >= 4 is 48.5 Å². The maximum absolute atomic E-state index is 12.2. The second kappa shape index (κ2) is 7.41. The highest BCUT2D eigenvalue weighted by Crippen LogP contribution is 2.30. The van der Waals surface area contributed by atoms with Crippen LogP contribution >= 0.6 is 27.3 Å². The van der Waals surface area contributed by atoms with Crippen LogP contribution in [0.5, 0.6) is 11.5 Å². The molecule has 0 unspecified atom stereocenters. The number of halogens is 1. The molecule has 0 aliphatic rings. The highest BCUT2D eigenvalue weighted by atomic mass is 79.9. The molecular formula is C18H17BrN2O3S. The van der Waals surface area contributed by atoms with Crippen LogP contribution in [0.1, 0.15) is 11.1 Å². The Morgan fingerprint density at radius 3 is 2.64 bits per heavy atom. The fourth-order valence-corrected chi connectivity index (χ4v) is 4.10. The topological polar surface area (TPSA) is 60.5 Å². The van der Waals surface area contributed by atoms with Gasteiger partial charge in [0.2, 0.25) is 0 Å². The normalized spacial score (nSPS) is 10.7. The first kappa shape index (κ1) is 17.7. The third kappa shape index (κ3) is 4.11. The zero-order valence-electron chi connectivity index (χ0n) is 14.1. The van der Waals surface area contributed by atoms with Crippen LogP contribution in [-0.2, 0) is 4.79 Å². The molecular weight excluding hydrogens is 404 g/mol. The van der Waals surface area contributed by atoms with Crippen LogP contribution in [0.15, 0.2) is 34.8 Å². The van der Waals surface area contributed by atoms with Gasteiger partial charge < -0.3 is 9.47 Å². The Bertz CT molecular complexity index is 916. The van der Waals surface area contributed by atoms with E-state index in [0.717, 1.165) is 37.3 Å². The van der Waals surface area contributed by atoms with Gasteiger partial charge in [0.15, 0.2) is 11.7 Å². The van der Waals surface area contributed by atoms with Crippen LogP contribution in [0.25, 0.3) is 10.2 Å². The number of thiazole rings is 1. The van der Waals surface area contributed by atoms with Crippen molar-refractivity contribution in [2.75, 3.05) is 19.0 Å². The molecule has 5 nitrogen and oxygen atoms in total. The molecule has 0 aliphatic carbocycles. The van der Waals surface area contributed by atoms with E-state index in [9.17, 15) is 4.79 Å². The number of ether oxygens (including phenoxy) is 2. The molecule has 0 saturated heterocycles. The van der Waals surface area contributed by atoms with Crippen LogP contribution in [0.2, 0.25) is 0 Å². The Morgan fingerprint density at radius 1 is 1.24 bits per heavy atom. The number of amides is 1. The van der Waals surface area contributed by atoms with Crippen molar-refractivity contribution < 1.29 is 14.3 Å². The zero-order valence-corrected chi connectivity index (χ0v) is 16.5. The molecule has 0 aliphatic heterocycles. The summed E-state index contributed by atoms with van der Waals surface area (Å²) in [5.41, 5.74) is 2.78. The second-order valence-electron chi connectivity index (χ2n) is 5.56.